The van der Waals surface area contributed by atoms with Crippen molar-refractivity contribution >= 4 is 15.9 Å². The van der Waals surface area contributed by atoms with Crippen molar-refractivity contribution in [1.29, 1.82) is 5.26 Å². The quantitative estimate of drug-likeness (QED) is 0.791. The number of benzene rings is 2. The minimum Gasteiger partial charge on any atom is -0.454 e. The molecule has 0 bridgehead atoms. The van der Waals surface area contributed by atoms with Crippen LogP contribution in [0.1, 0.15) is 16.7 Å². The molecule has 0 aliphatic carbocycles. The summed E-state index contributed by atoms with van der Waals surface area (Å²) in [5, 5.41) is 8.82. The van der Waals surface area contributed by atoms with E-state index in [-0.39, 0.29) is 15.8 Å². The third kappa shape index (κ3) is 2.61. The maximum Gasteiger partial charge on any atom is 0.181 e. The normalized spacial score (nSPS) is 10.1. The van der Waals surface area contributed by atoms with Crippen molar-refractivity contribution in [1.82, 2.24) is 0 Å². The number of hydrogen-bond donors (Lipinski definition) is 0. The molecule has 0 atom stereocenters. The molecule has 19 heavy (non-hydrogen) atoms. The van der Waals surface area contributed by atoms with Crippen LogP contribution in [0.15, 0.2) is 34.8 Å². The van der Waals surface area contributed by atoms with Crippen LogP contribution in [-0.2, 0) is 0 Å². The lowest BCUT2D eigenvalue weighted by molar-refractivity contribution is 0.437. The van der Waals surface area contributed by atoms with E-state index in [0.29, 0.717) is 5.75 Å². The van der Waals surface area contributed by atoms with Crippen LogP contribution in [-0.4, -0.2) is 0 Å². The molecule has 2 aromatic carbocycles. The van der Waals surface area contributed by atoms with E-state index in [9.17, 15) is 4.39 Å². The lowest BCUT2D eigenvalue weighted by Crippen LogP contribution is -1.94. The molecule has 0 amide bonds. The second-order valence-corrected chi connectivity index (χ2v) is 4.94. The summed E-state index contributed by atoms with van der Waals surface area (Å²) in [6.07, 6.45) is 0. The first-order valence-electron chi connectivity index (χ1n) is 5.66. The lowest BCUT2D eigenvalue weighted by atomic mass is 10.1. The van der Waals surface area contributed by atoms with Crippen molar-refractivity contribution in [2.24, 2.45) is 0 Å². The highest BCUT2D eigenvalue weighted by Gasteiger charge is 2.13. The first-order valence-corrected chi connectivity index (χ1v) is 6.46. The minimum absolute atomic E-state index is 0.0968. The zero-order chi connectivity index (χ0) is 14.0. The molecule has 0 aromatic heterocycles. The second-order valence-electron chi connectivity index (χ2n) is 4.15. The molecule has 0 fully saturated rings. The molecular weight excluding hydrogens is 309 g/mol. The second kappa shape index (κ2) is 5.41. The molecule has 0 heterocycles. The first kappa shape index (κ1) is 13.6. The van der Waals surface area contributed by atoms with Gasteiger partial charge >= 0.3 is 0 Å². The van der Waals surface area contributed by atoms with Crippen molar-refractivity contribution in [3.63, 3.8) is 0 Å². The summed E-state index contributed by atoms with van der Waals surface area (Å²) in [6.45, 7) is 3.88. The number of nitriles is 1. The molecule has 0 unspecified atom stereocenters. The van der Waals surface area contributed by atoms with Gasteiger partial charge in [0.2, 0.25) is 0 Å². The predicted octanol–water partition coefficient (Wildman–Crippen LogP) is 4.87. The smallest absolute Gasteiger partial charge is 0.181 e. The van der Waals surface area contributed by atoms with Gasteiger partial charge in [0, 0.05) is 0 Å². The van der Waals surface area contributed by atoms with Crippen molar-refractivity contribution in [2.45, 2.75) is 13.8 Å². The van der Waals surface area contributed by atoms with Crippen LogP contribution < -0.4 is 4.74 Å². The molecule has 0 radical (unpaired) electrons. The highest BCUT2D eigenvalue weighted by molar-refractivity contribution is 9.10. The van der Waals surface area contributed by atoms with Gasteiger partial charge in [-0.1, -0.05) is 12.1 Å². The Bertz CT molecular complexity index is 677. The van der Waals surface area contributed by atoms with Gasteiger partial charge in [-0.05, 0) is 59.1 Å². The zero-order valence-electron chi connectivity index (χ0n) is 10.5. The monoisotopic (exact) mass is 319 g/mol. The Hall–Kier alpha value is -1.86. The van der Waals surface area contributed by atoms with E-state index >= 15 is 0 Å². The van der Waals surface area contributed by atoms with Crippen LogP contribution in [0.5, 0.6) is 11.5 Å². The fourth-order valence-electron chi connectivity index (χ4n) is 1.65. The minimum atomic E-state index is -0.569. The van der Waals surface area contributed by atoms with Crippen LogP contribution in [0.4, 0.5) is 4.39 Å². The van der Waals surface area contributed by atoms with E-state index in [1.165, 1.54) is 12.1 Å². The van der Waals surface area contributed by atoms with Crippen LogP contribution in [0, 0.1) is 31.0 Å². The lowest BCUT2D eigenvalue weighted by Gasteiger charge is -2.12. The number of rotatable bonds is 2. The van der Waals surface area contributed by atoms with Crippen molar-refractivity contribution in [3.05, 3.63) is 57.3 Å². The largest absolute Gasteiger partial charge is 0.454 e. The van der Waals surface area contributed by atoms with Gasteiger partial charge in [-0.25, -0.2) is 4.39 Å². The number of halogens is 2. The summed E-state index contributed by atoms with van der Waals surface area (Å²) in [5.74, 6) is 0.134. The molecule has 0 spiro atoms. The van der Waals surface area contributed by atoms with Crippen molar-refractivity contribution in [3.8, 4) is 17.6 Å². The summed E-state index contributed by atoms with van der Waals surface area (Å²) in [6, 6.07) is 10.5. The molecule has 0 aliphatic rings. The number of nitrogens with zero attached hydrogens (tertiary/aromatic N) is 1. The fourth-order valence-corrected chi connectivity index (χ4v) is 2.07. The van der Waals surface area contributed by atoms with Gasteiger partial charge in [0.15, 0.2) is 11.6 Å². The summed E-state index contributed by atoms with van der Waals surface area (Å²) < 4.78 is 19.8. The summed E-state index contributed by atoms with van der Waals surface area (Å²) in [5.41, 5.74) is 2.28. The van der Waals surface area contributed by atoms with E-state index in [1.807, 2.05) is 32.0 Å². The Balaban J connectivity index is 2.43. The predicted molar refractivity (Wildman–Crippen MR) is 74.8 cm³/mol. The molecule has 2 nitrogen and oxygen atoms in total. The van der Waals surface area contributed by atoms with E-state index in [0.717, 1.165) is 11.1 Å². The maximum absolute atomic E-state index is 14.0. The van der Waals surface area contributed by atoms with E-state index < -0.39 is 5.82 Å². The summed E-state index contributed by atoms with van der Waals surface area (Å²) >= 11 is 3.06. The van der Waals surface area contributed by atoms with E-state index in [2.05, 4.69) is 15.9 Å². The Morgan fingerprint density at radius 2 is 1.89 bits per heavy atom. The summed E-state index contributed by atoms with van der Waals surface area (Å²) in [7, 11) is 0. The van der Waals surface area contributed by atoms with Gasteiger partial charge < -0.3 is 4.74 Å². The van der Waals surface area contributed by atoms with Gasteiger partial charge in [-0.3, -0.25) is 0 Å². The van der Waals surface area contributed by atoms with Crippen molar-refractivity contribution < 1.29 is 9.13 Å². The Morgan fingerprint density at radius 3 is 2.58 bits per heavy atom. The van der Waals surface area contributed by atoms with Gasteiger partial charge in [-0.2, -0.15) is 5.26 Å². The average Bonchev–Trinajstić information content (AvgIpc) is 2.40. The van der Waals surface area contributed by atoms with Gasteiger partial charge in [0.05, 0.1) is 10.0 Å². The van der Waals surface area contributed by atoms with Gasteiger partial charge in [0.25, 0.3) is 0 Å². The topological polar surface area (TPSA) is 33.0 Å². The van der Waals surface area contributed by atoms with Crippen LogP contribution in [0.3, 0.4) is 0 Å². The zero-order valence-corrected chi connectivity index (χ0v) is 12.1. The van der Waals surface area contributed by atoms with Crippen molar-refractivity contribution in [2.75, 3.05) is 0 Å². The average molecular weight is 320 g/mol. The Morgan fingerprint density at radius 1 is 1.16 bits per heavy atom. The van der Waals surface area contributed by atoms with Gasteiger partial charge in [-0.15, -0.1) is 0 Å². The Labute approximate surface area is 119 Å². The Kier molecular flexibility index (Phi) is 3.87. The first-order chi connectivity index (χ1) is 9.04. The van der Waals surface area contributed by atoms with E-state index in [4.69, 9.17) is 10.00 Å². The SMILES string of the molecule is Cc1cccc(Oc2ccc(C#N)c(Br)c2F)c1C. The highest BCUT2D eigenvalue weighted by atomic mass is 79.9. The van der Waals surface area contributed by atoms with Crippen LogP contribution in [0.2, 0.25) is 0 Å². The number of aryl methyl sites for hydroxylation is 1. The highest BCUT2D eigenvalue weighted by Crippen LogP contribution is 2.33. The fraction of sp³-hybridized carbons (Fsp3) is 0.133. The molecule has 0 saturated heterocycles. The number of hydrogen-bond acceptors (Lipinski definition) is 2. The molecule has 0 saturated carbocycles. The molecule has 2 rings (SSSR count). The molecule has 0 N–H and O–H groups in total. The molecule has 2 aromatic rings. The maximum atomic E-state index is 14.0. The van der Waals surface area contributed by atoms with E-state index in [1.54, 1.807) is 6.07 Å². The molecular formula is C15H11BrFNO. The standard InChI is InChI=1S/C15H11BrFNO/c1-9-4-3-5-12(10(9)2)19-13-7-6-11(8-18)14(16)15(13)17/h3-7H,1-2H3. The third-order valence-corrected chi connectivity index (χ3v) is 3.72. The molecule has 0 aliphatic heterocycles. The van der Waals surface area contributed by atoms with Gasteiger partial charge in [0.1, 0.15) is 11.8 Å². The molecule has 4 heteroatoms. The van der Waals surface area contributed by atoms with Crippen LogP contribution >= 0.6 is 15.9 Å². The molecule has 96 valence electrons. The summed E-state index contributed by atoms with van der Waals surface area (Å²) in [4.78, 5) is 0. The third-order valence-electron chi connectivity index (χ3n) is 2.94. The number of ether oxygens (including phenoxy) is 1. The van der Waals surface area contributed by atoms with Crippen LogP contribution in [0.25, 0.3) is 0 Å².